The molecule has 32 heavy (non-hydrogen) atoms. The number of rotatable bonds is 4. The van der Waals surface area contributed by atoms with Crippen LogP contribution in [0.4, 0.5) is 0 Å². The minimum Gasteiger partial charge on any atom is -0.496 e. The number of Topliss-reactive ketones (excluding diaryl/α,β-unsaturated/α-hetero) is 1. The van der Waals surface area contributed by atoms with Crippen molar-refractivity contribution in [1.29, 1.82) is 0 Å². The van der Waals surface area contributed by atoms with Gasteiger partial charge in [-0.1, -0.05) is 41.7 Å². The standard InChI is InChI=1S/C25H20N2O4S/c1-14-21(15(2)28)23(22-18-9-5-4-7-16(18)10-11-19(22)30-3)27-24(29)20(32-25(27)26-14)13-17-8-6-12-31-17/h4-13,23H,1-3H3/b20-13-/t23-/m1/s1. The van der Waals surface area contributed by atoms with Crippen LogP contribution in [-0.2, 0) is 4.79 Å². The van der Waals surface area contributed by atoms with Crippen molar-refractivity contribution in [1.82, 2.24) is 4.57 Å². The van der Waals surface area contributed by atoms with Crippen molar-refractivity contribution in [2.75, 3.05) is 7.11 Å². The number of benzene rings is 2. The molecule has 6 nitrogen and oxygen atoms in total. The Balaban J connectivity index is 1.89. The molecule has 0 saturated carbocycles. The molecule has 0 radical (unpaired) electrons. The van der Waals surface area contributed by atoms with Gasteiger partial charge >= 0.3 is 0 Å². The molecule has 1 atom stereocenters. The molecule has 5 rings (SSSR count). The molecule has 7 heteroatoms. The van der Waals surface area contributed by atoms with E-state index in [0.717, 1.165) is 16.3 Å². The van der Waals surface area contributed by atoms with E-state index in [0.29, 0.717) is 32.1 Å². The summed E-state index contributed by atoms with van der Waals surface area (Å²) in [5.74, 6) is 1.06. The van der Waals surface area contributed by atoms with Crippen LogP contribution in [0.5, 0.6) is 5.75 Å². The molecule has 160 valence electrons. The summed E-state index contributed by atoms with van der Waals surface area (Å²) < 4.78 is 13.2. The summed E-state index contributed by atoms with van der Waals surface area (Å²) in [6, 6.07) is 14.6. The van der Waals surface area contributed by atoms with Crippen LogP contribution < -0.4 is 19.6 Å². The summed E-state index contributed by atoms with van der Waals surface area (Å²) in [7, 11) is 1.60. The molecule has 0 saturated heterocycles. The zero-order valence-corrected chi connectivity index (χ0v) is 18.6. The Hall–Kier alpha value is -3.71. The number of fused-ring (bicyclic) bond motifs is 2. The third-order valence-electron chi connectivity index (χ3n) is 5.64. The molecule has 2 aromatic carbocycles. The second-order valence-electron chi connectivity index (χ2n) is 7.56. The quantitative estimate of drug-likeness (QED) is 0.482. The summed E-state index contributed by atoms with van der Waals surface area (Å²) in [5, 5.41) is 1.92. The first-order chi connectivity index (χ1) is 15.5. The van der Waals surface area contributed by atoms with Crippen LogP contribution in [0, 0.1) is 0 Å². The number of nitrogens with zero attached hydrogens (tertiary/aromatic N) is 2. The van der Waals surface area contributed by atoms with Crippen LogP contribution >= 0.6 is 11.3 Å². The lowest BCUT2D eigenvalue weighted by molar-refractivity contribution is -0.114. The Morgan fingerprint density at radius 3 is 2.72 bits per heavy atom. The number of furan rings is 1. The Morgan fingerprint density at radius 2 is 2.00 bits per heavy atom. The third-order valence-corrected chi connectivity index (χ3v) is 6.62. The molecule has 0 unspecified atom stereocenters. The van der Waals surface area contributed by atoms with Gasteiger partial charge in [0, 0.05) is 22.9 Å². The summed E-state index contributed by atoms with van der Waals surface area (Å²) >= 11 is 1.28. The Kier molecular flexibility index (Phi) is 4.90. The lowest BCUT2D eigenvalue weighted by Gasteiger charge is -2.27. The van der Waals surface area contributed by atoms with Crippen molar-refractivity contribution in [3.05, 3.63) is 97.1 Å². The number of allylic oxidation sites excluding steroid dienone is 2. The Bertz CT molecular complexity index is 1570. The number of ether oxygens (including phenoxy) is 1. The molecule has 1 aliphatic heterocycles. The number of carbonyl (C=O) groups is 1. The van der Waals surface area contributed by atoms with Crippen molar-refractivity contribution in [2.45, 2.75) is 19.9 Å². The summed E-state index contributed by atoms with van der Waals surface area (Å²) in [6.45, 7) is 3.32. The molecule has 0 spiro atoms. The molecule has 0 N–H and O–H groups in total. The van der Waals surface area contributed by atoms with E-state index >= 15 is 0 Å². The molecular weight excluding hydrogens is 424 g/mol. The highest BCUT2D eigenvalue weighted by atomic mass is 32.1. The van der Waals surface area contributed by atoms with Crippen molar-refractivity contribution in [2.24, 2.45) is 4.99 Å². The lowest BCUT2D eigenvalue weighted by atomic mass is 9.89. The third kappa shape index (κ3) is 3.13. The monoisotopic (exact) mass is 444 g/mol. The number of hydrogen-bond donors (Lipinski definition) is 0. The van der Waals surface area contributed by atoms with Crippen molar-refractivity contribution >= 4 is 34.0 Å². The van der Waals surface area contributed by atoms with E-state index in [1.165, 1.54) is 18.3 Å². The van der Waals surface area contributed by atoms with Gasteiger partial charge in [-0.2, -0.15) is 0 Å². The Morgan fingerprint density at radius 1 is 1.19 bits per heavy atom. The van der Waals surface area contributed by atoms with Gasteiger partial charge in [0.2, 0.25) is 0 Å². The van der Waals surface area contributed by atoms with Gasteiger partial charge in [-0.05, 0) is 42.8 Å². The second-order valence-corrected chi connectivity index (χ2v) is 8.57. The van der Waals surface area contributed by atoms with Gasteiger partial charge in [-0.15, -0.1) is 0 Å². The van der Waals surface area contributed by atoms with E-state index in [2.05, 4.69) is 4.99 Å². The first-order valence-corrected chi connectivity index (χ1v) is 10.9. The van der Waals surface area contributed by atoms with Crippen LogP contribution in [-0.4, -0.2) is 17.5 Å². The highest BCUT2D eigenvalue weighted by molar-refractivity contribution is 7.07. The molecule has 0 amide bonds. The lowest BCUT2D eigenvalue weighted by Crippen LogP contribution is -2.39. The van der Waals surface area contributed by atoms with E-state index in [1.807, 2.05) is 43.3 Å². The highest BCUT2D eigenvalue weighted by Gasteiger charge is 2.33. The average molecular weight is 445 g/mol. The molecule has 0 aliphatic carbocycles. The van der Waals surface area contributed by atoms with E-state index in [9.17, 15) is 9.59 Å². The first-order valence-electron chi connectivity index (χ1n) is 10.1. The van der Waals surface area contributed by atoms with Gasteiger partial charge in [0.1, 0.15) is 11.5 Å². The maximum Gasteiger partial charge on any atom is 0.271 e. The van der Waals surface area contributed by atoms with E-state index in [1.54, 1.807) is 36.1 Å². The van der Waals surface area contributed by atoms with Crippen molar-refractivity contribution < 1.29 is 13.9 Å². The van der Waals surface area contributed by atoms with Gasteiger partial charge < -0.3 is 9.15 Å². The minimum atomic E-state index is -0.649. The van der Waals surface area contributed by atoms with Crippen LogP contribution in [0.2, 0.25) is 0 Å². The van der Waals surface area contributed by atoms with Crippen LogP contribution in [0.3, 0.4) is 0 Å². The predicted molar refractivity (Wildman–Crippen MR) is 124 cm³/mol. The SMILES string of the molecule is COc1ccc2ccccc2c1[C@H]1C(C(C)=O)=C(C)N=c2s/c(=C\c3ccco3)c(=O)n21. The molecule has 0 fully saturated rings. The van der Waals surface area contributed by atoms with Gasteiger partial charge in [0.15, 0.2) is 10.6 Å². The number of aromatic nitrogens is 1. The van der Waals surface area contributed by atoms with E-state index in [-0.39, 0.29) is 11.3 Å². The number of ketones is 1. The molecular formula is C25H20N2O4S. The van der Waals surface area contributed by atoms with E-state index in [4.69, 9.17) is 9.15 Å². The fraction of sp³-hybridized carbons (Fsp3) is 0.160. The molecule has 4 aromatic rings. The zero-order valence-electron chi connectivity index (χ0n) is 17.8. The average Bonchev–Trinajstić information content (AvgIpc) is 3.40. The maximum atomic E-state index is 13.6. The molecule has 0 bridgehead atoms. The first kappa shape index (κ1) is 20.2. The predicted octanol–water partition coefficient (Wildman–Crippen LogP) is 3.58. The van der Waals surface area contributed by atoms with Crippen molar-refractivity contribution in [3.8, 4) is 5.75 Å². The topological polar surface area (TPSA) is 73.8 Å². The number of carbonyl (C=O) groups excluding carboxylic acids is 1. The summed E-state index contributed by atoms with van der Waals surface area (Å²) in [4.78, 5) is 31.6. The summed E-state index contributed by atoms with van der Waals surface area (Å²) in [6.07, 6.45) is 3.26. The van der Waals surface area contributed by atoms with Gasteiger partial charge in [-0.3, -0.25) is 14.2 Å². The number of methoxy groups -OCH3 is 1. The molecule has 2 aromatic heterocycles. The molecule has 3 heterocycles. The summed E-state index contributed by atoms with van der Waals surface area (Å²) in [5.41, 5.74) is 1.63. The zero-order chi connectivity index (χ0) is 22.4. The van der Waals surface area contributed by atoms with Crippen molar-refractivity contribution in [3.63, 3.8) is 0 Å². The normalized spacial score (nSPS) is 16.2. The van der Waals surface area contributed by atoms with Gasteiger partial charge in [0.25, 0.3) is 5.56 Å². The van der Waals surface area contributed by atoms with E-state index < -0.39 is 6.04 Å². The maximum absolute atomic E-state index is 13.6. The number of thiazole rings is 1. The minimum absolute atomic E-state index is 0.133. The van der Waals surface area contributed by atoms with Crippen LogP contribution in [0.25, 0.3) is 16.8 Å². The second kappa shape index (κ2) is 7.76. The largest absolute Gasteiger partial charge is 0.496 e. The fourth-order valence-corrected chi connectivity index (χ4v) is 5.31. The Labute approximate surface area is 187 Å². The van der Waals surface area contributed by atoms with Gasteiger partial charge in [-0.25, -0.2) is 4.99 Å². The smallest absolute Gasteiger partial charge is 0.271 e. The number of hydrogen-bond acceptors (Lipinski definition) is 6. The highest BCUT2D eigenvalue weighted by Crippen LogP contribution is 2.40. The fourth-order valence-electron chi connectivity index (χ4n) is 4.28. The van der Waals surface area contributed by atoms with Gasteiger partial charge in [0.05, 0.1) is 23.9 Å². The molecule has 1 aliphatic rings. The van der Waals surface area contributed by atoms with Crippen LogP contribution in [0.1, 0.15) is 31.2 Å². The van der Waals surface area contributed by atoms with Crippen LogP contribution in [0.15, 0.2) is 80.3 Å².